The Morgan fingerprint density at radius 3 is 2.50 bits per heavy atom. The Morgan fingerprint density at radius 1 is 1.36 bits per heavy atom. The van der Waals surface area contributed by atoms with E-state index in [4.69, 9.17) is 4.74 Å². The Bertz CT molecular complexity index is 613. The number of sulfonamides is 1. The standard InChI is InChI=1S/C14H23BN2O4S/c1-11-10-13(4-5-14(11)21-3)22(19,20)17-8-6-12(7-9-17)16-15(2)18/h4-5,10,12,16,18H,6-9H2,1-3H3. The maximum absolute atomic E-state index is 12.7. The number of aryl methyl sites for hydroxylation is 1. The average Bonchev–Trinajstić information content (AvgIpc) is 2.47. The van der Waals surface area contributed by atoms with Crippen molar-refractivity contribution in [2.24, 2.45) is 0 Å². The molecule has 0 spiro atoms. The molecule has 0 unspecified atom stereocenters. The molecule has 0 bridgehead atoms. The first-order valence-corrected chi connectivity index (χ1v) is 8.87. The third-order valence-corrected chi connectivity index (χ3v) is 5.83. The van der Waals surface area contributed by atoms with Crippen LogP contribution in [0.5, 0.6) is 5.75 Å². The highest BCUT2D eigenvalue weighted by atomic mass is 32.2. The highest BCUT2D eigenvalue weighted by molar-refractivity contribution is 7.89. The van der Waals surface area contributed by atoms with Crippen LogP contribution in [0.1, 0.15) is 18.4 Å². The van der Waals surface area contributed by atoms with Crippen molar-refractivity contribution in [2.45, 2.75) is 37.5 Å². The van der Waals surface area contributed by atoms with Crippen LogP contribution in [-0.4, -0.2) is 51.0 Å². The van der Waals surface area contributed by atoms with E-state index < -0.39 is 17.1 Å². The molecule has 0 radical (unpaired) electrons. The largest absolute Gasteiger partial charge is 0.496 e. The van der Waals surface area contributed by atoms with E-state index in [2.05, 4.69) is 5.23 Å². The number of nitrogens with zero attached hydrogens (tertiary/aromatic N) is 1. The van der Waals surface area contributed by atoms with E-state index in [1.54, 1.807) is 32.1 Å². The highest BCUT2D eigenvalue weighted by Crippen LogP contribution is 2.25. The lowest BCUT2D eigenvalue weighted by molar-refractivity contribution is 0.303. The average molecular weight is 326 g/mol. The third-order valence-electron chi connectivity index (χ3n) is 3.93. The minimum atomic E-state index is -3.47. The molecule has 1 aliphatic heterocycles. The fourth-order valence-electron chi connectivity index (χ4n) is 2.76. The summed E-state index contributed by atoms with van der Waals surface area (Å²) in [5, 5.41) is 12.4. The molecule has 2 rings (SSSR count). The van der Waals surface area contributed by atoms with Crippen molar-refractivity contribution in [3.05, 3.63) is 23.8 Å². The molecule has 1 aliphatic rings. The zero-order valence-electron chi connectivity index (χ0n) is 13.2. The first-order valence-electron chi connectivity index (χ1n) is 7.43. The van der Waals surface area contributed by atoms with Gasteiger partial charge in [-0.05, 0) is 50.4 Å². The van der Waals surface area contributed by atoms with Crippen molar-refractivity contribution >= 4 is 17.1 Å². The number of piperidine rings is 1. The van der Waals surface area contributed by atoms with Gasteiger partial charge in [0.05, 0.1) is 12.0 Å². The number of ether oxygens (including phenoxy) is 1. The molecule has 1 fully saturated rings. The normalized spacial score (nSPS) is 17.5. The maximum Gasteiger partial charge on any atom is 0.373 e. The zero-order chi connectivity index (χ0) is 16.3. The summed E-state index contributed by atoms with van der Waals surface area (Å²) < 4.78 is 32.0. The topological polar surface area (TPSA) is 78.9 Å². The van der Waals surface area contributed by atoms with Gasteiger partial charge in [0.2, 0.25) is 10.0 Å². The minimum Gasteiger partial charge on any atom is -0.496 e. The summed E-state index contributed by atoms with van der Waals surface area (Å²) in [5.41, 5.74) is 0.800. The lowest BCUT2D eigenvalue weighted by atomic mass is 9.85. The Labute approximate surface area is 132 Å². The molecule has 0 atom stereocenters. The second-order valence-corrected chi connectivity index (χ2v) is 7.59. The molecule has 22 heavy (non-hydrogen) atoms. The SMILES string of the molecule is COc1ccc(S(=O)(=O)N2CCC(NB(C)O)CC2)cc1C. The van der Waals surface area contributed by atoms with Gasteiger partial charge in [0.1, 0.15) is 5.75 Å². The van der Waals surface area contributed by atoms with Crippen LogP contribution < -0.4 is 9.96 Å². The lowest BCUT2D eigenvalue weighted by Crippen LogP contribution is -2.48. The Hall–Kier alpha value is -1.09. The molecule has 0 saturated carbocycles. The van der Waals surface area contributed by atoms with E-state index in [0.717, 1.165) is 5.56 Å². The van der Waals surface area contributed by atoms with Crippen LogP contribution in [0.25, 0.3) is 0 Å². The van der Waals surface area contributed by atoms with Gasteiger partial charge < -0.3 is 15.0 Å². The molecule has 0 aromatic heterocycles. The molecule has 6 nitrogen and oxygen atoms in total. The van der Waals surface area contributed by atoms with Crippen molar-refractivity contribution in [3.63, 3.8) is 0 Å². The molecule has 1 heterocycles. The molecule has 1 aromatic carbocycles. The summed E-state index contributed by atoms with van der Waals surface area (Å²) >= 11 is 0. The number of hydrogen-bond donors (Lipinski definition) is 2. The molecule has 0 amide bonds. The van der Waals surface area contributed by atoms with E-state index in [0.29, 0.717) is 36.6 Å². The molecular formula is C14H23BN2O4S. The van der Waals surface area contributed by atoms with Gasteiger partial charge >= 0.3 is 7.05 Å². The van der Waals surface area contributed by atoms with Crippen LogP contribution in [0.4, 0.5) is 0 Å². The molecule has 0 aliphatic carbocycles. The van der Waals surface area contributed by atoms with E-state index in [1.807, 2.05) is 6.92 Å². The maximum atomic E-state index is 12.7. The van der Waals surface area contributed by atoms with Crippen molar-refractivity contribution < 1.29 is 18.2 Å². The second-order valence-electron chi connectivity index (χ2n) is 5.65. The van der Waals surface area contributed by atoms with Gasteiger partial charge in [-0.25, -0.2) is 8.42 Å². The smallest absolute Gasteiger partial charge is 0.373 e. The van der Waals surface area contributed by atoms with Crippen molar-refractivity contribution in [2.75, 3.05) is 20.2 Å². The summed E-state index contributed by atoms with van der Waals surface area (Å²) in [4.78, 5) is 0.299. The molecule has 1 saturated heterocycles. The summed E-state index contributed by atoms with van der Waals surface area (Å²) in [5.74, 6) is 0.679. The van der Waals surface area contributed by atoms with E-state index in [9.17, 15) is 13.4 Å². The Morgan fingerprint density at radius 2 is 2.00 bits per heavy atom. The summed E-state index contributed by atoms with van der Waals surface area (Å²) in [6.45, 7) is 4.41. The van der Waals surface area contributed by atoms with Gasteiger partial charge in [-0.1, -0.05) is 0 Å². The van der Waals surface area contributed by atoms with Gasteiger partial charge in [0.15, 0.2) is 0 Å². The predicted molar refractivity (Wildman–Crippen MR) is 86.5 cm³/mol. The van der Waals surface area contributed by atoms with Crippen molar-refractivity contribution in [1.29, 1.82) is 0 Å². The van der Waals surface area contributed by atoms with Crippen molar-refractivity contribution in [1.82, 2.24) is 9.53 Å². The molecule has 8 heteroatoms. The first-order chi connectivity index (χ1) is 10.3. The molecular weight excluding hydrogens is 303 g/mol. The second kappa shape index (κ2) is 7.00. The van der Waals surface area contributed by atoms with Gasteiger partial charge in [-0.3, -0.25) is 0 Å². The Kier molecular flexibility index (Phi) is 5.49. The van der Waals surface area contributed by atoms with Crippen LogP contribution in [0.2, 0.25) is 6.82 Å². The van der Waals surface area contributed by atoms with Crippen LogP contribution in [-0.2, 0) is 10.0 Å². The van der Waals surface area contributed by atoms with Crippen molar-refractivity contribution in [3.8, 4) is 5.75 Å². The quantitative estimate of drug-likeness (QED) is 0.785. The van der Waals surface area contributed by atoms with Gasteiger partial charge in [0.25, 0.3) is 0 Å². The number of hydrogen-bond acceptors (Lipinski definition) is 5. The fraction of sp³-hybridized carbons (Fsp3) is 0.571. The number of benzene rings is 1. The monoisotopic (exact) mass is 326 g/mol. The molecule has 122 valence electrons. The number of rotatable bonds is 5. The van der Waals surface area contributed by atoms with E-state index in [1.165, 1.54) is 4.31 Å². The molecule has 1 aromatic rings. The minimum absolute atomic E-state index is 0.157. The predicted octanol–water partition coefficient (Wildman–Crippen LogP) is 0.857. The Balaban J connectivity index is 2.10. The van der Waals surface area contributed by atoms with Crippen LogP contribution in [0.3, 0.4) is 0 Å². The first kappa shape index (κ1) is 17.3. The van der Waals surface area contributed by atoms with E-state index in [-0.39, 0.29) is 6.04 Å². The van der Waals surface area contributed by atoms with Crippen LogP contribution >= 0.6 is 0 Å². The lowest BCUT2D eigenvalue weighted by Gasteiger charge is -2.32. The highest BCUT2D eigenvalue weighted by Gasteiger charge is 2.30. The summed E-state index contributed by atoms with van der Waals surface area (Å²) in [6, 6.07) is 5.07. The number of methoxy groups -OCH3 is 1. The van der Waals surface area contributed by atoms with Crippen LogP contribution in [0, 0.1) is 6.92 Å². The number of nitrogens with one attached hydrogen (secondary N) is 1. The van der Waals surface area contributed by atoms with Gasteiger partial charge in [-0.15, -0.1) is 0 Å². The van der Waals surface area contributed by atoms with E-state index >= 15 is 0 Å². The van der Waals surface area contributed by atoms with Gasteiger partial charge in [0, 0.05) is 19.1 Å². The van der Waals surface area contributed by atoms with Crippen LogP contribution in [0.15, 0.2) is 23.1 Å². The fourth-order valence-corrected chi connectivity index (χ4v) is 4.32. The zero-order valence-corrected chi connectivity index (χ0v) is 14.1. The summed E-state index contributed by atoms with van der Waals surface area (Å²) in [6.07, 6.45) is 1.39. The molecule has 2 N–H and O–H groups in total. The summed E-state index contributed by atoms with van der Waals surface area (Å²) in [7, 11) is -2.48. The third kappa shape index (κ3) is 3.81. The van der Waals surface area contributed by atoms with Gasteiger partial charge in [-0.2, -0.15) is 4.31 Å².